The van der Waals surface area contributed by atoms with E-state index in [1.807, 2.05) is 0 Å². The number of thiocarbonyl (C=S) groups is 1. The van der Waals surface area contributed by atoms with Crippen LogP contribution in [0.1, 0.15) is 52.9 Å². The van der Waals surface area contributed by atoms with Gasteiger partial charge >= 0.3 is 0 Å². The molecule has 0 aromatic carbocycles. The molecule has 4 nitrogen and oxygen atoms in total. The Morgan fingerprint density at radius 2 is 1.63 bits per heavy atom. The first-order valence-electron chi connectivity index (χ1n) is 7.05. The second kappa shape index (κ2) is 7.58. The van der Waals surface area contributed by atoms with E-state index < -0.39 is 5.92 Å². The lowest BCUT2D eigenvalue weighted by Crippen LogP contribution is -2.55. The van der Waals surface area contributed by atoms with Crippen molar-refractivity contribution in [3.8, 4) is 0 Å². The summed E-state index contributed by atoms with van der Waals surface area (Å²) in [7, 11) is 0. The normalized spacial score (nSPS) is 18.4. The van der Waals surface area contributed by atoms with E-state index in [0.29, 0.717) is 12.3 Å². The highest BCUT2D eigenvalue weighted by atomic mass is 32.1. The predicted molar refractivity (Wildman–Crippen MR) is 79.5 cm³/mol. The Labute approximate surface area is 120 Å². The molecule has 5 heteroatoms. The van der Waals surface area contributed by atoms with E-state index >= 15 is 0 Å². The quantitative estimate of drug-likeness (QED) is 0.557. The van der Waals surface area contributed by atoms with E-state index in [9.17, 15) is 9.59 Å². The number of carbonyl (C=O) groups excluding carboxylic acids is 2. The van der Waals surface area contributed by atoms with E-state index in [-0.39, 0.29) is 16.9 Å². The van der Waals surface area contributed by atoms with Crippen molar-refractivity contribution in [2.45, 2.75) is 52.9 Å². The van der Waals surface area contributed by atoms with Gasteiger partial charge in [-0.3, -0.25) is 9.59 Å². The van der Waals surface area contributed by atoms with Crippen LogP contribution in [-0.2, 0) is 9.59 Å². The summed E-state index contributed by atoms with van der Waals surface area (Å²) in [4.78, 5) is 23.3. The topological polar surface area (TPSA) is 58.2 Å². The van der Waals surface area contributed by atoms with Gasteiger partial charge in [-0.25, -0.2) is 0 Å². The summed E-state index contributed by atoms with van der Waals surface area (Å²) in [6.07, 6.45) is 5.11. The summed E-state index contributed by atoms with van der Waals surface area (Å²) in [5, 5.41) is 5.13. The van der Waals surface area contributed by atoms with Crippen LogP contribution in [0, 0.1) is 17.8 Å². The number of amides is 2. The van der Waals surface area contributed by atoms with Crippen LogP contribution in [0.5, 0.6) is 0 Å². The average molecular weight is 284 g/mol. The largest absolute Gasteiger partial charge is 0.302 e. The number of nitrogens with one attached hydrogen (secondary N) is 2. The van der Waals surface area contributed by atoms with E-state index in [0.717, 1.165) is 18.8 Å². The van der Waals surface area contributed by atoms with Crippen LogP contribution in [0.3, 0.4) is 0 Å². The molecule has 0 unspecified atom stereocenters. The predicted octanol–water partition coefficient (Wildman–Crippen LogP) is 2.38. The van der Waals surface area contributed by atoms with Crippen LogP contribution < -0.4 is 10.6 Å². The lowest BCUT2D eigenvalue weighted by Gasteiger charge is -2.23. The Morgan fingerprint density at radius 3 is 2.16 bits per heavy atom. The summed E-state index contributed by atoms with van der Waals surface area (Å²) in [6, 6.07) is 0. The fourth-order valence-corrected chi connectivity index (χ4v) is 2.48. The highest BCUT2D eigenvalue weighted by Crippen LogP contribution is 2.20. The van der Waals surface area contributed by atoms with Gasteiger partial charge in [0.15, 0.2) is 5.11 Å². The molecule has 0 saturated carbocycles. The zero-order valence-electron chi connectivity index (χ0n) is 12.0. The van der Waals surface area contributed by atoms with Crippen LogP contribution in [0.15, 0.2) is 0 Å². The fraction of sp³-hybridized carbons (Fsp3) is 0.786. The Hall–Kier alpha value is -0.970. The standard InChI is InChI=1S/C14H24N2O2S/c1-9(2)5-4-6-10(3)7-8-11-12(17)15-14(19)16-13(11)18/h9-11H,4-8H2,1-3H3,(H2,15,16,17,18,19)/t10-/m0/s1. The lowest BCUT2D eigenvalue weighted by atomic mass is 9.91. The number of hydrogen-bond donors (Lipinski definition) is 2. The minimum Gasteiger partial charge on any atom is -0.302 e. The summed E-state index contributed by atoms with van der Waals surface area (Å²) < 4.78 is 0. The van der Waals surface area contributed by atoms with E-state index in [1.54, 1.807) is 0 Å². The van der Waals surface area contributed by atoms with Crippen molar-refractivity contribution in [1.82, 2.24) is 10.6 Å². The molecule has 0 radical (unpaired) electrons. The van der Waals surface area contributed by atoms with Crippen molar-refractivity contribution in [3.63, 3.8) is 0 Å². The second-order valence-corrected chi connectivity index (χ2v) is 6.28. The highest BCUT2D eigenvalue weighted by molar-refractivity contribution is 7.80. The van der Waals surface area contributed by atoms with Gasteiger partial charge in [0.2, 0.25) is 11.8 Å². The maximum absolute atomic E-state index is 11.7. The number of hydrogen-bond acceptors (Lipinski definition) is 3. The molecule has 0 aromatic rings. The Balaban J connectivity index is 2.29. The zero-order chi connectivity index (χ0) is 14.4. The smallest absolute Gasteiger partial charge is 0.238 e. The molecule has 108 valence electrons. The Bertz CT molecular complexity index is 335. The Kier molecular flexibility index (Phi) is 6.42. The Morgan fingerprint density at radius 1 is 1.05 bits per heavy atom. The van der Waals surface area contributed by atoms with Gasteiger partial charge in [-0.1, -0.05) is 40.0 Å². The summed E-state index contributed by atoms with van der Waals surface area (Å²) in [5.41, 5.74) is 0. The summed E-state index contributed by atoms with van der Waals surface area (Å²) in [5.74, 6) is 0.182. The maximum Gasteiger partial charge on any atom is 0.238 e. The fourth-order valence-electron chi connectivity index (χ4n) is 2.28. The van der Waals surface area contributed by atoms with E-state index in [2.05, 4.69) is 31.4 Å². The van der Waals surface area contributed by atoms with Crippen LogP contribution in [-0.4, -0.2) is 16.9 Å². The molecular formula is C14H24N2O2S. The third-order valence-electron chi connectivity index (χ3n) is 3.53. The molecule has 1 atom stereocenters. The van der Waals surface area contributed by atoms with Crippen molar-refractivity contribution >= 4 is 29.1 Å². The molecule has 0 spiro atoms. The van der Waals surface area contributed by atoms with Crippen molar-refractivity contribution in [2.75, 3.05) is 0 Å². The molecule has 1 heterocycles. The maximum atomic E-state index is 11.7. The summed E-state index contributed by atoms with van der Waals surface area (Å²) >= 11 is 4.77. The first kappa shape index (κ1) is 16.1. The summed E-state index contributed by atoms with van der Waals surface area (Å²) in [6.45, 7) is 6.64. The van der Waals surface area contributed by atoms with Gasteiger partial charge in [0.25, 0.3) is 0 Å². The van der Waals surface area contributed by atoms with E-state index in [1.165, 1.54) is 12.8 Å². The molecular weight excluding hydrogens is 260 g/mol. The molecule has 1 aliphatic rings. The molecule has 2 N–H and O–H groups in total. The molecule has 0 aliphatic carbocycles. The molecule has 1 saturated heterocycles. The zero-order valence-corrected chi connectivity index (χ0v) is 12.8. The van der Waals surface area contributed by atoms with Gasteiger partial charge in [0, 0.05) is 0 Å². The first-order chi connectivity index (χ1) is 8.90. The number of rotatable bonds is 7. The van der Waals surface area contributed by atoms with Crippen molar-refractivity contribution < 1.29 is 9.59 Å². The van der Waals surface area contributed by atoms with Crippen LogP contribution in [0.2, 0.25) is 0 Å². The van der Waals surface area contributed by atoms with Gasteiger partial charge in [0.05, 0.1) is 0 Å². The first-order valence-corrected chi connectivity index (χ1v) is 7.46. The monoisotopic (exact) mass is 284 g/mol. The SMILES string of the molecule is CC(C)CCC[C@H](C)CCC1C(=O)NC(=S)NC1=O. The molecule has 1 rings (SSSR count). The second-order valence-electron chi connectivity index (χ2n) is 5.87. The number of carbonyl (C=O) groups is 2. The molecule has 19 heavy (non-hydrogen) atoms. The van der Waals surface area contributed by atoms with Gasteiger partial charge in [-0.2, -0.15) is 0 Å². The highest BCUT2D eigenvalue weighted by Gasteiger charge is 2.32. The van der Waals surface area contributed by atoms with Crippen molar-refractivity contribution in [1.29, 1.82) is 0 Å². The molecule has 1 aliphatic heterocycles. The van der Waals surface area contributed by atoms with Crippen molar-refractivity contribution in [3.05, 3.63) is 0 Å². The van der Waals surface area contributed by atoms with Gasteiger partial charge in [0.1, 0.15) is 5.92 Å². The van der Waals surface area contributed by atoms with Crippen LogP contribution in [0.4, 0.5) is 0 Å². The van der Waals surface area contributed by atoms with E-state index in [4.69, 9.17) is 12.2 Å². The minimum absolute atomic E-state index is 0.122. The van der Waals surface area contributed by atoms with Gasteiger partial charge in [-0.15, -0.1) is 0 Å². The molecule has 2 amide bonds. The average Bonchev–Trinajstić information content (AvgIpc) is 2.26. The molecule has 0 bridgehead atoms. The molecule has 0 aromatic heterocycles. The molecule has 1 fully saturated rings. The van der Waals surface area contributed by atoms with Gasteiger partial charge < -0.3 is 10.6 Å². The van der Waals surface area contributed by atoms with Crippen LogP contribution in [0.25, 0.3) is 0 Å². The van der Waals surface area contributed by atoms with Gasteiger partial charge in [-0.05, 0) is 36.9 Å². The van der Waals surface area contributed by atoms with Crippen LogP contribution >= 0.6 is 12.2 Å². The lowest BCUT2D eigenvalue weighted by molar-refractivity contribution is -0.135. The third kappa shape index (κ3) is 5.68. The third-order valence-corrected chi connectivity index (χ3v) is 3.74. The minimum atomic E-state index is -0.584. The van der Waals surface area contributed by atoms with Crippen molar-refractivity contribution in [2.24, 2.45) is 17.8 Å².